The van der Waals surface area contributed by atoms with Crippen LogP contribution in [0.2, 0.25) is 0 Å². The van der Waals surface area contributed by atoms with Crippen LogP contribution >= 0.6 is 7.60 Å². The monoisotopic (exact) mass is 311 g/mol. The predicted octanol–water partition coefficient (Wildman–Crippen LogP) is 2.28. The number of hydrogen-bond acceptors (Lipinski definition) is 4. The van der Waals surface area contributed by atoms with Gasteiger partial charge >= 0.3 is 7.60 Å². The molecule has 1 aliphatic heterocycles. The number of amides is 2. The lowest BCUT2D eigenvalue weighted by Gasteiger charge is -2.19. The fourth-order valence-corrected chi connectivity index (χ4v) is 3.35. The van der Waals surface area contributed by atoms with Gasteiger partial charge in [-0.2, -0.15) is 0 Å². The maximum atomic E-state index is 12.1. The van der Waals surface area contributed by atoms with Crippen molar-refractivity contribution >= 4 is 19.4 Å². The van der Waals surface area contributed by atoms with Crippen LogP contribution in [0.1, 0.15) is 41.0 Å². The molecular weight excluding hydrogens is 293 g/mol. The molecule has 0 fully saturated rings. The SMILES string of the molecule is CCC(C)OP(=O)(O)CCN1C(=O)c2ccccc2C1=O. The number of hydrogen-bond donors (Lipinski definition) is 1. The number of carbonyl (C=O) groups excluding carboxylic acids is 2. The number of imide groups is 1. The second-order valence-corrected chi connectivity index (χ2v) is 6.93. The summed E-state index contributed by atoms with van der Waals surface area (Å²) in [5.74, 6) is -0.863. The predicted molar refractivity (Wildman–Crippen MR) is 77.3 cm³/mol. The Labute approximate surface area is 123 Å². The molecule has 0 radical (unpaired) electrons. The molecule has 1 aromatic rings. The van der Waals surface area contributed by atoms with Gasteiger partial charge in [-0.05, 0) is 25.5 Å². The third-order valence-corrected chi connectivity index (χ3v) is 4.86. The average molecular weight is 311 g/mol. The van der Waals surface area contributed by atoms with Crippen molar-refractivity contribution in [3.05, 3.63) is 35.4 Å². The highest BCUT2D eigenvalue weighted by Gasteiger charge is 2.36. The summed E-state index contributed by atoms with van der Waals surface area (Å²) < 4.78 is 17.0. The number of carbonyl (C=O) groups is 2. The molecule has 114 valence electrons. The van der Waals surface area contributed by atoms with Crippen molar-refractivity contribution in [2.75, 3.05) is 12.7 Å². The van der Waals surface area contributed by atoms with Crippen molar-refractivity contribution < 1.29 is 23.6 Å². The standard InChI is InChI=1S/C14H18NO5P/c1-3-10(2)20-21(18,19)9-8-15-13(16)11-6-4-5-7-12(11)14(15)17/h4-7,10H,3,8-9H2,1-2H3,(H,18,19). The first-order valence-electron chi connectivity index (χ1n) is 6.81. The van der Waals surface area contributed by atoms with Crippen LogP contribution in [0.5, 0.6) is 0 Å². The lowest BCUT2D eigenvalue weighted by molar-refractivity contribution is 0.0662. The Balaban J connectivity index is 2.04. The van der Waals surface area contributed by atoms with Gasteiger partial charge in [0.05, 0.1) is 23.4 Å². The van der Waals surface area contributed by atoms with Gasteiger partial charge in [0, 0.05) is 6.54 Å². The molecule has 2 rings (SSSR count). The van der Waals surface area contributed by atoms with E-state index in [2.05, 4.69) is 0 Å². The van der Waals surface area contributed by atoms with Gasteiger partial charge in [0.15, 0.2) is 0 Å². The Morgan fingerprint density at radius 3 is 2.24 bits per heavy atom. The largest absolute Gasteiger partial charge is 0.330 e. The normalized spacial score (nSPS) is 18.5. The van der Waals surface area contributed by atoms with E-state index >= 15 is 0 Å². The first-order chi connectivity index (χ1) is 9.85. The van der Waals surface area contributed by atoms with E-state index in [1.54, 1.807) is 31.2 Å². The van der Waals surface area contributed by atoms with Gasteiger partial charge in [-0.15, -0.1) is 0 Å². The van der Waals surface area contributed by atoms with Crippen molar-refractivity contribution in [1.82, 2.24) is 4.90 Å². The first kappa shape index (κ1) is 15.9. The highest BCUT2D eigenvalue weighted by atomic mass is 31.2. The van der Waals surface area contributed by atoms with Gasteiger partial charge in [-0.3, -0.25) is 19.1 Å². The van der Waals surface area contributed by atoms with Crippen LogP contribution in [0.4, 0.5) is 0 Å². The first-order valence-corrected chi connectivity index (χ1v) is 8.57. The van der Waals surface area contributed by atoms with Gasteiger partial charge in [0.2, 0.25) is 0 Å². The summed E-state index contributed by atoms with van der Waals surface area (Å²) in [5, 5.41) is 0. The molecule has 2 amide bonds. The minimum absolute atomic E-state index is 0.128. The van der Waals surface area contributed by atoms with E-state index in [4.69, 9.17) is 4.52 Å². The molecule has 0 saturated heterocycles. The zero-order valence-electron chi connectivity index (χ0n) is 12.0. The Morgan fingerprint density at radius 1 is 1.24 bits per heavy atom. The third kappa shape index (κ3) is 3.40. The summed E-state index contributed by atoms with van der Waals surface area (Å²) in [6.07, 6.45) is 0.00316. The number of benzene rings is 1. The molecule has 0 aromatic heterocycles. The lowest BCUT2D eigenvalue weighted by atomic mass is 10.1. The molecule has 1 aromatic carbocycles. The fraction of sp³-hybridized carbons (Fsp3) is 0.429. The molecule has 1 aliphatic rings. The summed E-state index contributed by atoms with van der Waals surface area (Å²) >= 11 is 0. The molecule has 7 heteroatoms. The van der Waals surface area contributed by atoms with Crippen LogP contribution < -0.4 is 0 Å². The van der Waals surface area contributed by atoms with Crippen molar-refractivity contribution in [3.8, 4) is 0 Å². The van der Waals surface area contributed by atoms with E-state index in [0.29, 0.717) is 17.5 Å². The molecule has 0 bridgehead atoms. The molecule has 6 nitrogen and oxygen atoms in total. The summed E-state index contributed by atoms with van der Waals surface area (Å²) in [6.45, 7) is 3.41. The molecule has 2 unspecified atom stereocenters. The van der Waals surface area contributed by atoms with Crippen LogP contribution in [0, 0.1) is 0 Å². The summed E-state index contributed by atoms with van der Waals surface area (Å²) in [5.41, 5.74) is 0.663. The molecular formula is C14H18NO5P. The second-order valence-electron chi connectivity index (χ2n) is 4.99. The lowest BCUT2D eigenvalue weighted by Crippen LogP contribution is -2.32. The Kier molecular flexibility index (Phi) is 4.61. The van der Waals surface area contributed by atoms with Gasteiger partial charge < -0.3 is 9.42 Å². The van der Waals surface area contributed by atoms with Crippen molar-refractivity contribution in [2.45, 2.75) is 26.4 Å². The fourth-order valence-electron chi connectivity index (χ4n) is 2.08. The molecule has 1 heterocycles. The highest BCUT2D eigenvalue weighted by Crippen LogP contribution is 2.43. The Hall–Kier alpha value is -1.49. The number of nitrogens with zero attached hydrogens (tertiary/aromatic N) is 1. The third-order valence-electron chi connectivity index (χ3n) is 3.40. The highest BCUT2D eigenvalue weighted by molar-refractivity contribution is 7.52. The van der Waals surface area contributed by atoms with Crippen LogP contribution in [0.3, 0.4) is 0 Å². The molecule has 21 heavy (non-hydrogen) atoms. The maximum absolute atomic E-state index is 12.1. The topological polar surface area (TPSA) is 83.9 Å². The minimum atomic E-state index is -3.81. The van der Waals surface area contributed by atoms with Gasteiger partial charge in [0.25, 0.3) is 11.8 Å². The molecule has 2 atom stereocenters. The van der Waals surface area contributed by atoms with Crippen molar-refractivity contribution in [2.24, 2.45) is 0 Å². The van der Waals surface area contributed by atoms with E-state index in [1.165, 1.54) is 0 Å². The maximum Gasteiger partial charge on any atom is 0.330 e. The average Bonchev–Trinajstić information content (AvgIpc) is 2.69. The quantitative estimate of drug-likeness (QED) is 0.643. The summed E-state index contributed by atoms with van der Waals surface area (Å²) in [7, 11) is -3.81. The molecule has 0 aliphatic carbocycles. The van der Waals surface area contributed by atoms with E-state index in [0.717, 1.165) is 4.90 Å². The number of rotatable bonds is 6. The van der Waals surface area contributed by atoms with Gasteiger partial charge in [0.1, 0.15) is 0 Å². The Morgan fingerprint density at radius 2 is 1.76 bits per heavy atom. The summed E-state index contributed by atoms with van der Waals surface area (Å²) in [4.78, 5) is 34.9. The van der Waals surface area contributed by atoms with Crippen molar-refractivity contribution in [3.63, 3.8) is 0 Å². The summed E-state index contributed by atoms with van der Waals surface area (Å²) in [6, 6.07) is 6.50. The van der Waals surface area contributed by atoms with Crippen LogP contribution in [-0.4, -0.2) is 40.4 Å². The molecule has 0 saturated carbocycles. The van der Waals surface area contributed by atoms with Crippen LogP contribution in [0.15, 0.2) is 24.3 Å². The van der Waals surface area contributed by atoms with E-state index < -0.39 is 19.4 Å². The molecule has 1 N–H and O–H groups in total. The zero-order chi connectivity index (χ0) is 15.6. The zero-order valence-corrected chi connectivity index (χ0v) is 12.9. The Bertz CT molecular complexity index is 580. The van der Waals surface area contributed by atoms with E-state index in [-0.39, 0.29) is 18.8 Å². The van der Waals surface area contributed by atoms with Crippen molar-refractivity contribution in [1.29, 1.82) is 0 Å². The van der Waals surface area contributed by atoms with E-state index in [9.17, 15) is 19.0 Å². The van der Waals surface area contributed by atoms with E-state index in [1.807, 2.05) is 6.92 Å². The number of fused-ring (bicyclic) bond motifs is 1. The van der Waals surface area contributed by atoms with Gasteiger partial charge in [-0.25, -0.2) is 0 Å². The van der Waals surface area contributed by atoms with Crippen LogP contribution in [-0.2, 0) is 9.09 Å². The minimum Gasteiger partial charge on any atom is -0.324 e. The smallest absolute Gasteiger partial charge is 0.324 e. The second kappa shape index (κ2) is 6.10. The molecule has 0 spiro atoms. The van der Waals surface area contributed by atoms with Gasteiger partial charge in [-0.1, -0.05) is 19.1 Å². The van der Waals surface area contributed by atoms with Crippen LogP contribution in [0.25, 0.3) is 0 Å².